The molecule has 1 aromatic carbocycles. The molecule has 0 spiro atoms. The van der Waals surface area contributed by atoms with Crippen LogP contribution in [0, 0.1) is 34.0 Å². The fraction of sp³-hybridized carbons (Fsp3) is 0.600. The molecule has 8 heteroatoms. The Morgan fingerprint density at radius 2 is 1.89 bits per heavy atom. The van der Waals surface area contributed by atoms with Gasteiger partial charge in [0.1, 0.15) is 12.8 Å². The molecule has 38 heavy (non-hydrogen) atoms. The van der Waals surface area contributed by atoms with Gasteiger partial charge in [-0.15, -0.1) is 0 Å². The van der Waals surface area contributed by atoms with E-state index in [9.17, 15) is 19.8 Å². The van der Waals surface area contributed by atoms with E-state index >= 15 is 8.78 Å². The highest BCUT2D eigenvalue weighted by atomic mass is 35.5. The van der Waals surface area contributed by atoms with Crippen molar-refractivity contribution in [1.82, 2.24) is 4.90 Å². The van der Waals surface area contributed by atoms with Gasteiger partial charge in [0.25, 0.3) is 0 Å². The summed E-state index contributed by atoms with van der Waals surface area (Å²) in [6.07, 6.45) is 1.35. The Morgan fingerprint density at radius 1 is 1.18 bits per heavy atom. The molecule has 6 rings (SSSR count). The third-order valence-electron chi connectivity index (χ3n) is 11.2. The molecule has 5 nitrogen and oxygen atoms in total. The van der Waals surface area contributed by atoms with E-state index in [4.69, 9.17) is 11.6 Å². The maximum absolute atomic E-state index is 17.4. The van der Waals surface area contributed by atoms with E-state index in [2.05, 4.69) is 4.90 Å². The van der Waals surface area contributed by atoms with Gasteiger partial charge in [-0.1, -0.05) is 36.7 Å². The van der Waals surface area contributed by atoms with Crippen LogP contribution in [0.2, 0.25) is 5.02 Å². The number of hydrogen-bond donors (Lipinski definition) is 2. The van der Waals surface area contributed by atoms with Crippen molar-refractivity contribution < 1.29 is 28.6 Å². The number of hydrogen-bond acceptors (Lipinski definition) is 5. The van der Waals surface area contributed by atoms with Crippen LogP contribution >= 0.6 is 11.6 Å². The van der Waals surface area contributed by atoms with Crippen LogP contribution in [0.1, 0.15) is 38.7 Å². The first-order chi connectivity index (χ1) is 17.9. The zero-order valence-electron chi connectivity index (χ0n) is 21.7. The summed E-state index contributed by atoms with van der Waals surface area (Å²) >= 11 is 6.04. The number of ketones is 2. The largest absolute Gasteiger partial charge is 0.390 e. The molecule has 1 heterocycles. The molecule has 0 bridgehead atoms. The molecule has 0 amide bonds. The number of benzene rings is 1. The van der Waals surface area contributed by atoms with Gasteiger partial charge in [-0.3, -0.25) is 14.5 Å². The molecule has 2 N–H and O–H groups in total. The number of alkyl halides is 2. The second-order valence-electron chi connectivity index (χ2n) is 12.6. The van der Waals surface area contributed by atoms with Crippen molar-refractivity contribution >= 4 is 23.2 Å². The minimum absolute atomic E-state index is 0.0311. The van der Waals surface area contributed by atoms with Gasteiger partial charge in [-0.25, -0.2) is 8.78 Å². The summed E-state index contributed by atoms with van der Waals surface area (Å²) in [5.41, 5.74) is -4.27. The highest BCUT2D eigenvalue weighted by molar-refractivity contribution is 6.30. The fourth-order valence-electron chi connectivity index (χ4n) is 9.49. The maximum atomic E-state index is 17.4. The zero-order valence-corrected chi connectivity index (χ0v) is 22.4. The van der Waals surface area contributed by atoms with Crippen molar-refractivity contribution in [3.05, 3.63) is 58.7 Å². The lowest BCUT2D eigenvalue weighted by Gasteiger charge is -2.63. The summed E-state index contributed by atoms with van der Waals surface area (Å²) < 4.78 is 33.1. The van der Waals surface area contributed by atoms with Crippen LogP contribution in [-0.4, -0.2) is 64.3 Å². The molecule has 5 aliphatic rings. The minimum Gasteiger partial charge on any atom is -0.390 e. The van der Waals surface area contributed by atoms with E-state index in [0.717, 1.165) is 5.56 Å². The number of halogens is 3. The minimum atomic E-state index is -2.17. The summed E-state index contributed by atoms with van der Waals surface area (Å²) in [5, 5.41) is 22.4. The van der Waals surface area contributed by atoms with Crippen LogP contribution < -0.4 is 0 Å². The predicted molar refractivity (Wildman–Crippen MR) is 139 cm³/mol. The molecule has 1 saturated heterocycles. The van der Waals surface area contributed by atoms with Crippen LogP contribution in [0.15, 0.2) is 48.1 Å². The first kappa shape index (κ1) is 26.3. The Bertz CT molecular complexity index is 1250. The van der Waals surface area contributed by atoms with E-state index in [0.29, 0.717) is 31.1 Å². The molecule has 1 aliphatic heterocycles. The molecule has 0 unspecified atom stereocenters. The summed E-state index contributed by atoms with van der Waals surface area (Å²) in [4.78, 5) is 27.9. The van der Waals surface area contributed by atoms with E-state index in [1.165, 1.54) is 18.2 Å². The molecule has 1 aromatic rings. The molecule has 4 fully saturated rings. The van der Waals surface area contributed by atoms with Gasteiger partial charge in [0.15, 0.2) is 17.2 Å². The first-order valence-electron chi connectivity index (χ1n) is 13.5. The normalized spacial score (nSPS) is 45.7. The summed E-state index contributed by atoms with van der Waals surface area (Å²) in [5.74, 6) is -1.99. The van der Waals surface area contributed by atoms with Crippen molar-refractivity contribution in [2.24, 2.45) is 34.0 Å². The topological polar surface area (TPSA) is 77.8 Å². The first-order valence-corrected chi connectivity index (χ1v) is 13.9. The van der Waals surface area contributed by atoms with Crippen LogP contribution in [0.5, 0.6) is 0 Å². The number of carbonyl (C=O) groups excluding carboxylic acids is 2. The number of likely N-dealkylation sites (tertiary alicyclic amines) is 1. The Morgan fingerprint density at radius 3 is 2.58 bits per heavy atom. The summed E-state index contributed by atoms with van der Waals surface area (Å²) in [7, 11) is 0. The Balaban J connectivity index is 1.39. The summed E-state index contributed by atoms with van der Waals surface area (Å²) in [6.45, 7) is 4.49. The monoisotopic (exact) mass is 545 g/mol. The number of Topliss-reactive ketones (excluding diaryl/α,β-unsaturated/α-hetero) is 1. The van der Waals surface area contributed by atoms with Crippen molar-refractivity contribution in [3.8, 4) is 0 Å². The lowest BCUT2D eigenvalue weighted by molar-refractivity contribution is -0.212. The van der Waals surface area contributed by atoms with Crippen LogP contribution in [-0.2, 0) is 16.1 Å². The lowest BCUT2D eigenvalue weighted by Crippen LogP contribution is -2.69. The van der Waals surface area contributed by atoms with Gasteiger partial charge in [-0.05, 0) is 78.9 Å². The smallest absolute Gasteiger partial charge is 0.178 e. The quantitative estimate of drug-likeness (QED) is 0.591. The molecule has 0 radical (unpaired) electrons. The molecule has 4 aliphatic carbocycles. The zero-order chi connectivity index (χ0) is 27.3. The molecule has 0 aromatic heterocycles. The highest BCUT2D eigenvalue weighted by Gasteiger charge is 2.78. The van der Waals surface area contributed by atoms with Crippen molar-refractivity contribution in [3.63, 3.8) is 0 Å². The van der Waals surface area contributed by atoms with E-state index < -0.39 is 46.7 Å². The average Bonchev–Trinajstić information content (AvgIpc) is 3.35. The Kier molecular flexibility index (Phi) is 5.91. The predicted octanol–water partition coefficient (Wildman–Crippen LogP) is 4.25. The number of carbonyl (C=O) groups is 2. The van der Waals surface area contributed by atoms with Crippen molar-refractivity contribution in [2.45, 2.75) is 57.6 Å². The van der Waals surface area contributed by atoms with Gasteiger partial charge < -0.3 is 10.2 Å². The van der Waals surface area contributed by atoms with Gasteiger partial charge in [0, 0.05) is 36.0 Å². The lowest BCUT2D eigenvalue weighted by atomic mass is 9.43. The van der Waals surface area contributed by atoms with Gasteiger partial charge in [0.2, 0.25) is 0 Å². The SMILES string of the molecule is C[C@]12C=CC(=O)C=C1[C@@H](F)C[C@H]1[C@@H]3C[C@H]4CN(Cc5ccc(Cl)cc5)C[C@@]4(C(=O)CO)[C@@]3(C)C[C@H](O)[C@@]12F. The van der Waals surface area contributed by atoms with Gasteiger partial charge in [0.05, 0.1) is 11.5 Å². The molecule has 204 valence electrons. The molecule has 9 atom stereocenters. The van der Waals surface area contributed by atoms with E-state index in [-0.39, 0.29) is 41.8 Å². The number of nitrogens with zero attached hydrogens (tertiary/aromatic N) is 1. The third kappa shape index (κ3) is 3.19. The second-order valence-corrected chi connectivity index (χ2v) is 13.1. The maximum Gasteiger partial charge on any atom is 0.178 e. The Hall–Kier alpha value is -1.93. The van der Waals surface area contributed by atoms with Crippen LogP contribution in [0.25, 0.3) is 0 Å². The second kappa shape index (κ2) is 8.53. The van der Waals surface area contributed by atoms with Crippen molar-refractivity contribution in [2.75, 3.05) is 19.7 Å². The van der Waals surface area contributed by atoms with Crippen LogP contribution in [0.3, 0.4) is 0 Å². The third-order valence-corrected chi connectivity index (χ3v) is 11.4. The number of aliphatic hydroxyl groups is 2. The van der Waals surface area contributed by atoms with Gasteiger partial charge in [-0.2, -0.15) is 0 Å². The highest BCUT2D eigenvalue weighted by Crippen LogP contribution is 2.74. The molecule has 3 saturated carbocycles. The number of allylic oxidation sites excluding steroid dienone is 4. The van der Waals surface area contributed by atoms with Crippen molar-refractivity contribution in [1.29, 1.82) is 0 Å². The molecular weight excluding hydrogens is 512 g/mol. The fourth-order valence-corrected chi connectivity index (χ4v) is 9.61. The number of aliphatic hydroxyl groups excluding tert-OH is 2. The summed E-state index contributed by atoms with van der Waals surface area (Å²) in [6, 6.07) is 7.54. The number of fused-ring (bicyclic) bond motifs is 7. The average molecular weight is 546 g/mol. The number of rotatable bonds is 4. The van der Waals surface area contributed by atoms with Crippen LogP contribution in [0.4, 0.5) is 8.78 Å². The Labute approximate surface area is 226 Å². The van der Waals surface area contributed by atoms with E-state index in [1.807, 2.05) is 31.2 Å². The standard InChI is InChI=1S/C30H34ClF2NO4/c1-27-8-7-20(36)10-23(27)24(32)11-22-21-9-18-14-34(13-17-3-5-19(31)6-4-17)16-29(18,26(38)15-35)28(21,2)12-25(37)30(22,27)33/h3-8,10,18,21-22,24-25,35,37H,9,11-16H2,1-2H3/t18-,21-,22-,24-,25-,27-,28-,29+,30-/m0/s1. The van der Waals surface area contributed by atoms with Gasteiger partial charge >= 0.3 is 0 Å². The van der Waals surface area contributed by atoms with E-state index in [1.54, 1.807) is 6.92 Å². The molecular formula is C30H34ClF2NO4.